The Morgan fingerprint density at radius 3 is 2.72 bits per heavy atom. The average Bonchev–Trinajstić information content (AvgIpc) is 3.08. The SMILES string of the molecule is Cc1nc(C(C)NC(=O)Cc2c(C)[nH]c3ccccc23)sc1C(=O)O. The summed E-state index contributed by atoms with van der Waals surface area (Å²) >= 11 is 1.10. The van der Waals surface area contributed by atoms with Gasteiger partial charge in [-0.2, -0.15) is 0 Å². The molecule has 2 aromatic heterocycles. The van der Waals surface area contributed by atoms with Crippen LogP contribution >= 0.6 is 11.3 Å². The monoisotopic (exact) mass is 357 g/mol. The molecule has 1 unspecified atom stereocenters. The molecule has 1 amide bonds. The highest BCUT2D eigenvalue weighted by molar-refractivity contribution is 7.13. The number of carbonyl (C=O) groups excluding carboxylic acids is 1. The molecule has 1 aromatic carbocycles. The molecule has 0 spiro atoms. The van der Waals surface area contributed by atoms with Crippen LogP contribution < -0.4 is 5.32 Å². The van der Waals surface area contributed by atoms with Crippen LogP contribution in [-0.4, -0.2) is 27.0 Å². The summed E-state index contributed by atoms with van der Waals surface area (Å²) in [4.78, 5) is 31.3. The van der Waals surface area contributed by atoms with Gasteiger partial charge in [-0.15, -0.1) is 11.3 Å². The fourth-order valence-corrected chi connectivity index (χ4v) is 3.79. The number of aryl methyl sites for hydroxylation is 2. The summed E-state index contributed by atoms with van der Waals surface area (Å²) in [5.74, 6) is -1.11. The molecule has 6 nitrogen and oxygen atoms in total. The van der Waals surface area contributed by atoms with Crippen molar-refractivity contribution in [2.45, 2.75) is 33.2 Å². The third-order valence-electron chi connectivity index (χ3n) is 4.12. The van der Waals surface area contributed by atoms with Gasteiger partial charge in [0.1, 0.15) is 9.88 Å². The first-order valence-electron chi connectivity index (χ1n) is 7.93. The van der Waals surface area contributed by atoms with E-state index in [0.717, 1.165) is 33.5 Å². The Kier molecular flexibility index (Phi) is 4.59. The molecule has 7 heteroatoms. The standard InChI is InChI=1S/C18H19N3O3S/c1-9-13(12-6-4-5-7-14(12)19-9)8-15(22)20-11(3)17-21-10(2)16(25-17)18(23)24/h4-7,11,19H,8H2,1-3H3,(H,20,22)(H,23,24). The molecular weight excluding hydrogens is 338 g/mol. The van der Waals surface area contributed by atoms with Crippen molar-refractivity contribution in [1.29, 1.82) is 0 Å². The Morgan fingerprint density at radius 1 is 1.32 bits per heavy atom. The molecule has 1 atom stereocenters. The van der Waals surface area contributed by atoms with Crippen LogP contribution in [0.1, 0.15) is 44.6 Å². The zero-order chi connectivity index (χ0) is 18.1. The number of para-hydroxylation sites is 1. The van der Waals surface area contributed by atoms with Gasteiger partial charge in [0, 0.05) is 16.6 Å². The van der Waals surface area contributed by atoms with Gasteiger partial charge in [0.15, 0.2) is 0 Å². The number of aromatic nitrogens is 2. The lowest BCUT2D eigenvalue weighted by atomic mass is 10.1. The molecular formula is C18H19N3O3S. The van der Waals surface area contributed by atoms with Gasteiger partial charge in [-0.1, -0.05) is 18.2 Å². The van der Waals surface area contributed by atoms with E-state index in [1.54, 1.807) is 6.92 Å². The van der Waals surface area contributed by atoms with Crippen molar-refractivity contribution < 1.29 is 14.7 Å². The zero-order valence-corrected chi connectivity index (χ0v) is 15.0. The van der Waals surface area contributed by atoms with Gasteiger partial charge in [-0.3, -0.25) is 4.79 Å². The lowest BCUT2D eigenvalue weighted by molar-refractivity contribution is -0.121. The molecule has 0 aliphatic heterocycles. The predicted molar refractivity (Wildman–Crippen MR) is 97.1 cm³/mol. The molecule has 3 rings (SSSR count). The van der Waals surface area contributed by atoms with Gasteiger partial charge >= 0.3 is 5.97 Å². The van der Waals surface area contributed by atoms with Crippen molar-refractivity contribution in [2.75, 3.05) is 0 Å². The quantitative estimate of drug-likeness (QED) is 0.652. The molecule has 2 heterocycles. The molecule has 0 radical (unpaired) electrons. The van der Waals surface area contributed by atoms with Crippen LogP contribution in [0.3, 0.4) is 0 Å². The topological polar surface area (TPSA) is 95.1 Å². The van der Waals surface area contributed by atoms with Gasteiger partial charge in [-0.05, 0) is 32.4 Å². The maximum atomic E-state index is 12.5. The van der Waals surface area contributed by atoms with E-state index in [4.69, 9.17) is 5.11 Å². The zero-order valence-electron chi connectivity index (χ0n) is 14.2. The average molecular weight is 357 g/mol. The number of H-pyrrole nitrogens is 1. The number of carbonyl (C=O) groups is 2. The molecule has 0 saturated heterocycles. The summed E-state index contributed by atoms with van der Waals surface area (Å²) in [7, 11) is 0. The van der Waals surface area contributed by atoms with Crippen molar-refractivity contribution in [3.05, 3.63) is 51.1 Å². The summed E-state index contributed by atoms with van der Waals surface area (Å²) in [6.07, 6.45) is 0.260. The maximum Gasteiger partial charge on any atom is 0.347 e. The molecule has 3 N–H and O–H groups in total. The number of aromatic amines is 1. The van der Waals surface area contributed by atoms with Crippen LogP contribution in [0.15, 0.2) is 24.3 Å². The smallest absolute Gasteiger partial charge is 0.347 e. The van der Waals surface area contributed by atoms with Crippen LogP contribution in [0.5, 0.6) is 0 Å². The van der Waals surface area contributed by atoms with Gasteiger partial charge in [0.2, 0.25) is 5.91 Å². The van der Waals surface area contributed by atoms with Crippen molar-refractivity contribution >= 4 is 34.1 Å². The summed E-state index contributed by atoms with van der Waals surface area (Å²) in [5, 5.41) is 13.7. The van der Waals surface area contributed by atoms with Crippen LogP contribution in [0.4, 0.5) is 0 Å². The maximum absolute atomic E-state index is 12.5. The largest absolute Gasteiger partial charge is 0.477 e. The normalized spacial score (nSPS) is 12.3. The Balaban J connectivity index is 1.74. The van der Waals surface area contributed by atoms with Crippen LogP contribution in [-0.2, 0) is 11.2 Å². The third kappa shape index (κ3) is 3.41. The number of benzene rings is 1. The summed E-state index contributed by atoms with van der Waals surface area (Å²) in [5.41, 5.74) is 3.43. The van der Waals surface area contributed by atoms with Crippen LogP contribution in [0.25, 0.3) is 10.9 Å². The molecule has 25 heavy (non-hydrogen) atoms. The lowest BCUT2D eigenvalue weighted by Crippen LogP contribution is -2.28. The molecule has 0 saturated carbocycles. The van der Waals surface area contributed by atoms with E-state index < -0.39 is 5.97 Å². The predicted octanol–water partition coefficient (Wildman–Crippen LogP) is 3.36. The number of hydrogen-bond acceptors (Lipinski definition) is 4. The van der Waals surface area contributed by atoms with E-state index >= 15 is 0 Å². The number of nitrogens with one attached hydrogen (secondary N) is 2. The Morgan fingerprint density at radius 2 is 2.04 bits per heavy atom. The second kappa shape index (κ2) is 6.68. The Labute approximate surface area is 148 Å². The fourth-order valence-electron chi connectivity index (χ4n) is 2.88. The number of carboxylic acids is 1. The van der Waals surface area contributed by atoms with Crippen LogP contribution in [0.2, 0.25) is 0 Å². The van der Waals surface area contributed by atoms with Gasteiger partial charge in [-0.25, -0.2) is 9.78 Å². The van der Waals surface area contributed by atoms with Crippen molar-refractivity contribution in [2.24, 2.45) is 0 Å². The highest BCUT2D eigenvalue weighted by atomic mass is 32.1. The third-order valence-corrected chi connectivity index (χ3v) is 5.45. The van der Waals surface area contributed by atoms with E-state index in [-0.39, 0.29) is 23.2 Å². The second-order valence-corrected chi connectivity index (χ2v) is 7.04. The number of fused-ring (bicyclic) bond motifs is 1. The van der Waals surface area contributed by atoms with E-state index in [1.807, 2.05) is 38.1 Å². The highest BCUT2D eigenvalue weighted by Crippen LogP contribution is 2.25. The first kappa shape index (κ1) is 17.2. The Bertz CT molecular complexity index is 958. The second-order valence-electron chi connectivity index (χ2n) is 6.01. The van der Waals surface area contributed by atoms with Gasteiger partial charge in [0.25, 0.3) is 0 Å². The number of carboxylic acid groups (broad SMARTS) is 1. The highest BCUT2D eigenvalue weighted by Gasteiger charge is 2.20. The molecule has 3 aromatic rings. The molecule has 0 aliphatic carbocycles. The number of nitrogens with zero attached hydrogens (tertiary/aromatic N) is 1. The number of amides is 1. The first-order valence-corrected chi connectivity index (χ1v) is 8.74. The van der Waals surface area contributed by atoms with Crippen molar-refractivity contribution in [3.8, 4) is 0 Å². The van der Waals surface area contributed by atoms with Crippen molar-refractivity contribution in [1.82, 2.24) is 15.3 Å². The van der Waals surface area contributed by atoms with Crippen LogP contribution in [0, 0.1) is 13.8 Å². The lowest BCUT2D eigenvalue weighted by Gasteiger charge is -2.11. The van der Waals surface area contributed by atoms with E-state index in [0.29, 0.717) is 10.7 Å². The molecule has 0 fully saturated rings. The minimum atomic E-state index is -0.991. The minimum Gasteiger partial charge on any atom is -0.477 e. The molecule has 130 valence electrons. The summed E-state index contributed by atoms with van der Waals surface area (Å²) in [6, 6.07) is 7.54. The van der Waals surface area contributed by atoms with E-state index in [9.17, 15) is 9.59 Å². The molecule has 0 bridgehead atoms. The Hall–Kier alpha value is -2.67. The van der Waals surface area contributed by atoms with Gasteiger partial charge in [0.05, 0.1) is 18.2 Å². The number of aromatic carboxylic acids is 1. The van der Waals surface area contributed by atoms with E-state index in [2.05, 4.69) is 15.3 Å². The number of hydrogen-bond donors (Lipinski definition) is 3. The minimum absolute atomic E-state index is 0.120. The number of thiazole rings is 1. The van der Waals surface area contributed by atoms with E-state index in [1.165, 1.54) is 0 Å². The molecule has 0 aliphatic rings. The number of rotatable bonds is 5. The van der Waals surface area contributed by atoms with Gasteiger partial charge < -0.3 is 15.4 Å². The first-order chi connectivity index (χ1) is 11.9. The summed E-state index contributed by atoms with van der Waals surface area (Å²) in [6.45, 7) is 5.42. The summed E-state index contributed by atoms with van der Waals surface area (Å²) < 4.78 is 0. The van der Waals surface area contributed by atoms with Crippen molar-refractivity contribution in [3.63, 3.8) is 0 Å². The fraction of sp³-hybridized carbons (Fsp3) is 0.278.